The van der Waals surface area contributed by atoms with Crippen LogP contribution in [0.3, 0.4) is 0 Å². The summed E-state index contributed by atoms with van der Waals surface area (Å²) in [6.07, 6.45) is 7.44. The summed E-state index contributed by atoms with van der Waals surface area (Å²) >= 11 is 0. The first-order valence-electron chi connectivity index (χ1n) is 9.48. The summed E-state index contributed by atoms with van der Waals surface area (Å²) in [5.41, 5.74) is 14.5. The molecule has 4 rings (SSSR count). The molecule has 1 atom stereocenters. The van der Waals surface area contributed by atoms with E-state index < -0.39 is 6.04 Å². The van der Waals surface area contributed by atoms with Gasteiger partial charge in [-0.1, -0.05) is 57.2 Å². The molecule has 1 fully saturated rings. The summed E-state index contributed by atoms with van der Waals surface area (Å²) in [6.45, 7) is 4.60. The highest BCUT2D eigenvalue weighted by atomic mass is 16.3. The number of carbonyl (C=O) groups excluding carboxylic acids is 1. The summed E-state index contributed by atoms with van der Waals surface area (Å²) in [4.78, 5) is 11.8. The summed E-state index contributed by atoms with van der Waals surface area (Å²) in [6, 6.07) is 7.08. The lowest BCUT2D eigenvalue weighted by atomic mass is 9.91. The van der Waals surface area contributed by atoms with Crippen LogP contribution in [0.5, 0.6) is 0 Å². The molecule has 5 nitrogen and oxygen atoms in total. The Balaban J connectivity index is 0.000000236. The van der Waals surface area contributed by atoms with E-state index in [0.717, 1.165) is 22.6 Å². The standard InChI is InChI=1S/C14H15N3O2.C7H14/c1-7-5-8-3-2-4-9(13(8)19-7)12(16)11-10(15)6-17-14(11)18;1-7-5-3-2-4-6-7/h2-5,12H,6,15-16H2,1H3,(H,17,18);7H,2-6H2,1H3/t12-;/m1./s1. The van der Waals surface area contributed by atoms with E-state index in [4.69, 9.17) is 15.9 Å². The molecule has 26 heavy (non-hydrogen) atoms. The number of rotatable bonds is 2. The van der Waals surface area contributed by atoms with Crippen molar-refractivity contribution in [2.75, 3.05) is 6.54 Å². The van der Waals surface area contributed by atoms with Crippen LogP contribution in [-0.4, -0.2) is 12.5 Å². The number of benzene rings is 1. The zero-order valence-electron chi connectivity index (χ0n) is 15.7. The Morgan fingerprint density at radius 2 is 1.96 bits per heavy atom. The van der Waals surface area contributed by atoms with E-state index in [-0.39, 0.29) is 5.91 Å². The lowest BCUT2D eigenvalue weighted by Gasteiger charge is -2.15. The number of hydrogen-bond acceptors (Lipinski definition) is 4. The van der Waals surface area contributed by atoms with Gasteiger partial charge < -0.3 is 21.2 Å². The van der Waals surface area contributed by atoms with Gasteiger partial charge in [-0.2, -0.15) is 0 Å². The Morgan fingerprint density at radius 1 is 1.23 bits per heavy atom. The van der Waals surface area contributed by atoms with Gasteiger partial charge in [0.05, 0.1) is 18.2 Å². The summed E-state index contributed by atoms with van der Waals surface area (Å²) in [5.74, 6) is 1.64. The molecule has 0 saturated heterocycles. The van der Waals surface area contributed by atoms with Gasteiger partial charge in [0, 0.05) is 16.6 Å². The van der Waals surface area contributed by atoms with Crippen LogP contribution >= 0.6 is 0 Å². The maximum absolute atomic E-state index is 11.8. The third-order valence-corrected chi connectivity index (χ3v) is 5.27. The van der Waals surface area contributed by atoms with E-state index in [1.54, 1.807) is 0 Å². The van der Waals surface area contributed by atoms with E-state index >= 15 is 0 Å². The zero-order valence-corrected chi connectivity index (χ0v) is 15.7. The normalized spacial score (nSPS) is 19.3. The van der Waals surface area contributed by atoms with Gasteiger partial charge in [0.25, 0.3) is 5.91 Å². The average Bonchev–Trinajstić information content (AvgIpc) is 3.16. The van der Waals surface area contributed by atoms with Crippen molar-refractivity contribution in [1.82, 2.24) is 5.32 Å². The number of hydrogen-bond donors (Lipinski definition) is 3. The van der Waals surface area contributed by atoms with E-state index in [1.807, 2.05) is 31.2 Å². The SMILES string of the molecule is CC1CCCCC1.Cc1cc2cccc([C@@H](N)C3=C(N)CNC3=O)c2o1. The quantitative estimate of drug-likeness (QED) is 0.766. The predicted molar refractivity (Wildman–Crippen MR) is 104 cm³/mol. The van der Waals surface area contributed by atoms with Gasteiger partial charge in [0.15, 0.2) is 0 Å². The van der Waals surface area contributed by atoms with Gasteiger partial charge in [-0.05, 0) is 18.9 Å². The lowest BCUT2D eigenvalue weighted by Crippen LogP contribution is -2.24. The third kappa shape index (κ3) is 3.93. The summed E-state index contributed by atoms with van der Waals surface area (Å²) < 4.78 is 5.68. The van der Waals surface area contributed by atoms with E-state index in [9.17, 15) is 4.79 Å². The average molecular weight is 355 g/mol. The molecule has 2 aromatic rings. The minimum Gasteiger partial charge on any atom is -0.461 e. The molecule has 1 amide bonds. The van der Waals surface area contributed by atoms with Crippen LogP contribution in [0, 0.1) is 12.8 Å². The van der Waals surface area contributed by atoms with Gasteiger partial charge in [-0.25, -0.2) is 0 Å². The molecule has 0 unspecified atom stereocenters. The van der Waals surface area contributed by atoms with Crippen molar-refractivity contribution in [3.63, 3.8) is 0 Å². The highest BCUT2D eigenvalue weighted by Crippen LogP contribution is 2.31. The maximum Gasteiger partial charge on any atom is 0.251 e. The summed E-state index contributed by atoms with van der Waals surface area (Å²) in [7, 11) is 0. The van der Waals surface area contributed by atoms with Crippen molar-refractivity contribution in [3.05, 3.63) is 46.9 Å². The molecule has 5 heteroatoms. The monoisotopic (exact) mass is 355 g/mol. The minimum atomic E-state index is -0.572. The second-order valence-corrected chi connectivity index (χ2v) is 7.47. The van der Waals surface area contributed by atoms with Crippen LogP contribution in [0.1, 0.15) is 56.4 Å². The fraction of sp³-hybridized carbons (Fsp3) is 0.476. The van der Waals surface area contributed by atoms with E-state index in [1.165, 1.54) is 32.1 Å². The van der Waals surface area contributed by atoms with Crippen LogP contribution in [0.4, 0.5) is 0 Å². The topological polar surface area (TPSA) is 94.3 Å². The van der Waals surface area contributed by atoms with Crippen molar-refractivity contribution in [1.29, 1.82) is 0 Å². The highest BCUT2D eigenvalue weighted by molar-refractivity contribution is 5.99. The Labute approximate surface area is 154 Å². The molecule has 2 heterocycles. The van der Waals surface area contributed by atoms with Crippen molar-refractivity contribution in [2.24, 2.45) is 17.4 Å². The van der Waals surface area contributed by atoms with Gasteiger partial charge in [0.1, 0.15) is 11.3 Å². The number of para-hydroxylation sites is 1. The third-order valence-electron chi connectivity index (χ3n) is 5.27. The second kappa shape index (κ2) is 7.96. The zero-order chi connectivity index (χ0) is 18.7. The molecule has 1 aromatic heterocycles. The van der Waals surface area contributed by atoms with Crippen molar-refractivity contribution in [3.8, 4) is 0 Å². The van der Waals surface area contributed by atoms with Gasteiger partial charge in [0.2, 0.25) is 0 Å². The number of aryl methyl sites for hydroxylation is 1. The molecule has 2 aliphatic rings. The minimum absolute atomic E-state index is 0.203. The lowest BCUT2D eigenvalue weighted by molar-refractivity contribution is -0.116. The van der Waals surface area contributed by atoms with Crippen LogP contribution < -0.4 is 16.8 Å². The van der Waals surface area contributed by atoms with Crippen LogP contribution in [0.15, 0.2) is 40.0 Å². The van der Waals surface area contributed by atoms with E-state index in [0.29, 0.717) is 23.4 Å². The van der Waals surface area contributed by atoms with Gasteiger partial charge in [-0.15, -0.1) is 0 Å². The number of carbonyl (C=O) groups is 1. The van der Waals surface area contributed by atoms with Crippen molar-refractivity contribution in [2.45, 2.75) is 52.0 Å². The first kappa shape index (κ1) is 18.5. The van der Waals surface area contributed by atoms with Crippen LogP contribution in [-0.2, 0) is 4.79 Å². The molecule has 1 aliphatic heterocycles. The number of amides is 1. The van der Waals surface area contributed by atoms with Gasteiger partial charge >= 0.3 is 0 Å². The predicted octanol–water partition coefficient (Wildman–Crippen LogP) is 3.67. The first-order chi connectivity index (χ1) is 12.5. The molecule has 140 valence electrons. The molecule has 0 radical (unpaired) electrons. The highest BCUT2D eigenvalue weighted by Gasteiger charge is 2.28. The molecule has 0 bridgehead atoms. The Morgan fingerprint density at radius 3 is 2.54 bits per heavy atom. The Hall–Kier alpha value is -2.27. The van der Waals surface area contributed by atoms with Crippen molar-refractivity contribution >= 4 is 16.9 Å². The Kier molecular flexibility index (Phi) is 5.67. The number of fused-ring (bicyclic) bond motifs is 1. The smallest absolute Gasteiger partial charge is 0.251 e. The molecule has 1 aliphatic carbocycles. The fourth-order valence-electron chi connectivity index (χ4n) is 3.77. The van der Waals surface area contributed by atoms with Gasteiger partial charge in [-0.3, -0.25) is 4.79 Å². The number of nitrogens with one attached hydrogen (secondary N) is 1. The van der Waals surface area contributed by atoms with E-state index in [2.05, 4.69) is 12.2 Å². The molecule has 1 saturated carbocycles. The van der Waals surface area contributed by atoms with Crippen LogP contribution in [0.25, 0.3) is 11.0 Å². The largest absolute Gasteiger partial charge is 0.461 e. The Bertz CT molecular complexity index is 816. The molecule has 1 aromatic carbocycles. The molecular formula is C21H29N3O2. The number of furan rings is 1. The fourth-order valence-corrected chi connectivity index (χ4v) is 3.77. The second-order valence-electron chi connectivity index (χ2n) is 7.47. The number of nitrogens with two attached hydrogens (primary N) is 2. The molecule has 0 spiro atoms. The molecule has 5 N–H and O–H groups in total. The molecular weight excluding hydrogens is 326 g/mol. The van der Waals surface area contributed by atoms with Crippen molar-refractivity contribution < 1.29 is 9.21 Å². The summed E-state index contributed by atoms with van der Waals surface area (Å²) in [5, 5.41) is 3.65. The maximum atomic E-state index is 11.8. The first-order valence-corrected chi connectivity index (χ1v) is 9.48. The van der Waals surface area contributed by atoms with Crippen LogP contribution in [0.2, 0.25) is 0 Å².